The van der Waals surface area contributed by atoms with Crippen LogP contribution >= 0.6 is 63.7 Å². The minimum Gasteiger partial charge on any atom is -0.456 e. The molecule has 2 aromatic heterocycles. The molecular weight excluding hydrogens is 1800 g/mol. The molecule has 127 heavy (non-hydrogen) atoms. The van der Waals surface area contributed by atoms with Crippen molar-refractivity contribution in [1.29, 1.82) is 0 Å². The summed E-state index contributed by atoms with van der Waals surface area (Å²) < 4.78 is 13.5. The van der Waals surface area contributed by atoms with Crippen molar-refractivity contribution >= 4 is 107 Å². The largest absolute Gasteiger partial charge is 0.456 e. The van der Waals surface area contributed by atoms with Gasteiger partial charge in [-0.2, -0.15) is 0 Å². The lowest BCUT2D eigenvalue weighted by molar-refractivity contribution is 0.345. The fourth-order valence-electron chi connectivity index (χ4n) is 23.3. The first-order chi connectivity index (χ1) is 62.3. The number of fused-ring (bicyclic) bond motifs is 19. The van der Waals surface area contributed by atoms with Crippen molar-refractivity contribution in [1.82, 2.24) is 4.57 Å². The molecule has 14 aromatic carbocycles. The molecule has 6 heteroatoms. The van der Waals surface area contributed by atoms with Gasteiger partial charge in [-0.15, -0.1) is 0 Å². The monoisotopic (exact) mass is 1920 g/mol. The molecular formula is C121H117Br4NO. The van der Waals surface area contributed by atoms with Crippen molar-refractivity contribution in [2.45, 2.75) is 237 Å². The molecule has 2 heterocycles. The quantitative estimate of drug-likeness (QED) is 0.0427. The van der Waals surface area contributed by atoms with Crippen LogP contribution in [0.3, 0.4) is 0 Å². The summed E-state index contributed by atoms with van der Waals surface area (Å²) in [5.41, 5.74) is 43.1. The number of hydrogen-bond donors (Lipinski definition) is 0. The van der Waals surface area contributed by atoms with Crippen molar-refractivity contribution in [3.63, 3.8) is 0 Å². The Morgan fingerprint density at radius 2 is 0.724 bits per heavy atom. The fourth-order valence-corrected chi connectivity index (χ4v) is 24.8. The summed E-state index contributed by atoms with van der Waals surface area (Å²) in [5.74, 6) is 1.07. The summed E-state index contributed by atoms with van der Waals surface area (Å²) in [6.07, 6.45) is 37.0. The molecule has 16 aromatic rings. The van der Waals surface area contributed by atoms with E-state index in [2.05, 4.69) is 357 Å². The SMILES string of the molecule is CCCCCC(c1ccc2c(c1)CC2)C1(CCCCC(C)c2ccc3c(c2)CC3)c2cc(Br)ccc2-c2ccc(Br)cc21.CCCCCCCCC1(CCCCCCCC)c2cc(Br)ccc2Cc2ccc(Br)cc21.c1ccc2c(c1)Cc1ccc(-c3ccc4c(c3)c3cc(-c5ccc6c(c5)-c5ccccc5C6)ccc3n4-c3ccc4oc5ccccc5c4c3)cc1-2. The standard InChI is InChI=1S/C50H31NO.C41H44Br2.C30H42Br2/c1-3-9-39-34(7-1)23-36-15-13-30(25-42(36)39)32-17-20-47-44(27-32)45-28-33(31-14-16-37-24-35-8-2-4-10-40(35)43(37)26-31)18-21-48(45)51(47)38-19-22-50-46(29-38)41-11-5-6-12-49(41)52-50;1-3-4-5-9-38(33-17-13-29-12-16-32(29)24-33)41(22-7-6-8-27(2)30-14-10-28-11-15-31(28)23-30)39-25-34(42)18-20-36(39)37-21-19-35(43)26-40(37)41;1-3-5-7-9-11-13-19-30(20-14-12-10-8-6-4-2)28-22-26(31)17-15-24(28)21-25-16-18-27(32)23-29(25)30/h1-22,25-29H,23-24H2;10,13-14,17-21,23-27,38H,3-9,11-12,15-16,22H2,1-2H3;15-18,22-23H,3-14,19-21H2,1-2H3. The number of furan rings is 1. The maximum Gasteiger partial charge on any atom is 0.135 e. The minimum absolute atomic E-state index is 0.0388. The minimum atomic E-state index is -0.0388. The molecule has 0 amide bonds. The van der Waals surface area contributed by atoms with Crippen molar-refractivity contribution < 1.29 is 4.42 Å². The van der Waals surface area contributed by atoms with Crippen LogP contribution in [0.15, 0.2) is 295 Å². The van der Waals surface area contributed by atoms with Gasteiger partial charge >= 0.3 is 0 Å². The summed E-state index contributed by atoms with van der Waals surface area (Å²) >= 11 is 15.4. The van der Waals surface area contributed by atoms with E-state index >= 15 is 0 Å². The van der Waals surface area contributed by atoms with Gasteiger partial charge in [0, 0.05) is 56.0 Å². The van der Waals surface area contributed by atoms with Gasteiger partial charge in [-0.1, -0.05) is 364 Å². The maximum absolute atomic E-state index is 6.23. The Hall–Kier alpha value is -9.40. The van der Waals surface area contributed by atoms with Crippen molar-refractivity contribution in [3.05, 3.63) is 380 Å². The van der Waals surface area contributed by atoms with Gasteiger partial charge in [-0.05, 0) is 343 Å². The van der Waals surface area contributed by atoms with E-state index in [1.807, 2.05) is 12.1 Å². The normalized spacial score (nSPS) is 14.5. The van der Waals surface area contributed by atoms with Gasteiger partial charge in [0.05, 0.1) is 11.0 Å². The topological polar surface area (TPSA) is 18.1 Å². The molecule has 0 radical (unpaired) electrons. The summed E-state index contributed by atoms with van der Waals surface area (Å²) in [4.78, 5) is 0. The fraction of sp³-hybridized carbons (Fsp3) is 0.306. The molecule has 6 aliphatic carbocycles. The van der Waals surface area contributed by atoms with Crippen LogP contribution in [0.1, 0.15) is 270 Å². The van der Waals surface area contributed by atoms with Crippen LogP contribution in [0.5, 0.6) is 0 Å². The zero-order valence-electron chi connectivity index (χ0n) is 74.5. The Kier molecular flexibility index (Phi) is 25.4. The third kappa shape index (κ3) is 16.8. The molecule has 0 saturated carbocycles. The summed E-state index contributed by atoms with van der Waals surface area (Å²) in [7, 11) is 0. The molecule has 22 rings (SSSR count). The number of unbranched alkanes of at least 4 members (excludes halogenated alkanes) is 13. The molecule has 640 valence electrons. The second-order valence-electron chi connectivity index (χ2n) is 38.0. The van der Waals surface area contributed by atoms with Gasteiger partial charge in [-0.25, -0.2) is 0 Å². The number of aryl methyl sites for hydroxylation is 4. The lowest BCUT2D eigenvalue weighted by Gasteiger charge is -2.42. The molecule has 0 saturated heterocycles. The van der Waals surface area contributed by atoms with E-state index < -0.39 is 0 Å². The van der Waals surface area contributed by atoms with E-state index in [0.717, 1.165) is 46.9 Å². The number of rotatable bonds is 29. The van der Waals surface area contributed by atoms with Gasteiger partial charge in [0.15, 0.2) is 0 Å². The second kappa shape index (κ2) is 37.6. The highest BCUT2D eigenvalue weighted by Gasteiger charge is 2.49. The first-order valence-electron chi connectivity index (χ1n) is 48.2. The molecule has 2 nitrogen and oxygen atoms in total. The predicted octanol–water partition coefficient (Wildman–Crippen LogP) is 36.5. The van der Waals surface area contributed by atoms with E-state index in [0.29, 0.717) is 11.8 Å². The lowest BCUT2D eigenvalue weighted by Crippen LogP contribution is -2.34. The van der Waals surface area contributed by atoms with Gasteiger partial charge in [0.2, 0.25) is 0 Å². The van der Waals surface area contributed by atoms with Crippen LogP contribution in [0.4, 0.5) is 0 Å². The second-order valence-corrected chi connectivity index (χ2v) is 41.7. The van der Waals surface area contributed by atoms with E-state index in [-0.39, 0.29) is 10.8 Å². The Labute approximate surface area is 787 Å². The Bertz CT molecular complexity index is 6530. The molecule has 0 spiro atoms. The van der Waals surface area contributed by atoms with Crippen LogP contribution in [0.2, 0.25) is 0 Å². The summed E-state index contributed by atoms with van der Waals surface area (Å²) in [6.45, 7) is 9.40. The van der Waals surface area contributed by atoms with Crippen LogP contribution < -0.4 is 0 Å². The van der Waals surface area contributed by atoms with Gasteiger partial charge in [-0.3, -0.25) is 0 Å². The summed E-state index contributed by atoms with van der Waals surface area (Å²) in [5, 5.41) is 4.77. The first kappa shape index (κ1) is 85.7. The number of benzene rings is 14. The van der Waals surface area contributed by atoms with Gasteiger partial charge in [0.25, 0.3) is 0 Å². The molecule has 2 atom stereocenters. The highest BCUT2D eigenvalue weighted by Crippen LogP contribution is 2.61. The van der Waals surface area contributed by atoms with Crippen molar-refractivity contribution in [2.24, 2.45) is 0 Å². The van der Waals surface area contributed by atoms with Gasteiger partial charge in [0.1, 0.15) is 11.2 Å². The number of para-hydroxylation sites is 1. The van der Waals surface area contributed by atoms with E-state index in [9.17, 15) is 0 Å². The highest BCUT2D eigenvalue weighted by atomic mass is 79.9. The third-order valence-corrected chi connectivity index (χ3v) is 32.2. The predicted molar refractivity (Wildman–Crippen MR) is 553 cm³/mol. The number of nitrogens with zero attached hydrogens (tertiary/aromatic N) is 1. The number of halogens is 4. The molecule has 2 unspecified atom stereocenters. The zero-order valence-corrected chi connectivity index (χ0v) is 80.9. The van der Waals surface area contributed by atoms with Crippen LogP contribution in [0, 0.1) is 0 Å². The number of hydrogen-bond acceptors (Lipinski definition) is 1. The highest BCUT2D eigenvalue weighted by molar-refractivity contribution is 9.11. The average molecular weight is 1920 g/mol. The smallest absolute Gasteiger partial charge is 0.135 e. The third-order valence-electron chi connectivity index (χ3n) is 30.2. The van der Waals surface area contributed by atoms with Crippen LogP contribution in [-0.2, 0) is 55.8 Å². The van der Waals surface area contributed by atoms with Crippen molar-refractivity contribution in [3.8, 4) is 61.3 Å². The summed E-state index contributed by atoms with van der Waals surface area (Å²) in [6, 6.07) is 104. The molecule has 0 bridgehead atoms. The van der Waals surface area contributed by atoms with E-state index in [4.69, 9.17) is 4.42 Å². The van der Waals surface area contributed by atoms with E-state index in [1.54, 1.807) is 50.1 Å². The first-order valence-corrected chi connectivity index (χ1v) is 51.3. The van der Waals surface area contributed by atoms with Crippen LogP contribution in [-0.4, -0.2) is 4.57 Å². The van der Waals surface area contributed by atoms with E-state index in [1.165, 1.54) is 301 Å². The Balaban J connectivity index is 0.000000124. The lowest BCUT2D eigenvalue weighted by atomic mass is 9.61. The number of aromatic nitrogens is 1. The van der Waals surface area contributed by atoms with Gasteiger partial charge < -0.3 is 8.98 Å². The Morgan fingerprint density at radius 1 is 0.299 bits per heavy atom. The van der Waals surface area contributed by atoms with Crippen molar-refractivity contribution in [2.75, 3.05) is 0 Å². The Morgan fingerprint density at radius 3 is 1.28 bits per heavy atom. The molecule has 6 aliphatic rings. The zero-order chi connectivity index (χ0) is 86.3. The molecule has 0 fully saturated rings. The average Bonchev–Trinajstić information content (AvgIpc) is 1.53. The van der Waals surface area contributed by atoms with Crippen LogP contribution in [0.25, 0.3) is 105 Å². The molecule has 0 aliphatic heterocycles. The maximum atomic E-state index is 6.23. The molecule has 0 N–H and O–H groups in total.